The van der Waals surface area contributed by atoms with Gasteiger partial charge in [-0.25, -0.2) is 4.98 Å². The standard InChI is InChI=1S/C20H22N4O/c1-14-6-7-17-16(13-14)19(15(2)22-17)20(25)24-11-9-23(10-12-24)18-5-3-4-8-21-18/h3-8,13,22H,9-12H2,1-2H3. The van der Waals surface area contributed by atoms with Crippen molar-refractivity contribution in [2.45, 2.75) is 13.8 Å². The third-order valence-electron chi connectivity index (χ3n) is 4.90. The lowest BCUT2D eigenvalue weighted by atomic mass is 10.1. The number of amides is 1. The van der Waals surface area contributed by atoms with Crippen LogP contribution in [0.15, 0.2) is 42.6 Å². The van der Waals surface area contributed by atoms with Crippen molar-refractivity contribution in [3.05, 3.63) is 59.4 Å². The average Bonchev–Trinajstić information content (AvgIpc) is 2.97. The van der Waals surface area contributed by atoms with Crippen LogP contribution >= 0.6 is 0 Å². The number of rotatable bonds is 2. The number of hydrogen-bond acceptors (Lipinski definition) is 3. The molecule has 0 atom stereocenters. The second kappa shape index (κ2) is 6.24. The first-order chi connectivity index (χ1) is 12.1. The lowest BCUT2D eigenvalue weighted by molar-refractivity contribution is 0.0748. The molecule has 5 heteroatoms. The Labute approximate surface area is 147 Å². The Morgan fingerprint density at radius 1 is 1.08 bits per heavy atom. The molecule has 1 N–H and O–H groups in total. The van der Waals surface area contributed by atoms with Crippen LogP contribution in [0.5, 0.6) is 0 Å². The Morgan fingerprint density at radius 3 is 2.60 bits per heavy atom. The number of piperazine rings is 1. The molecule has 25 heavy (non-hydrogen) atoms. The summed E-state index contributed by atoms with van der Waals surface area (Å²) in [5.41, 5.74) is 3.95. The highest BCUT2D eigenvalue weighted by Gasteiger charge is 2.26. The smallest absolute Gasteiger partial charge is 0.256 e. The number of H-pyrrole nitrogens is 1. The number of benzene rings is 1. The second-order valence-corrected chi connectivity index (χ2v) is 6.64. The number of aromatic nitrogens is 2. The maximum atomic E-state index is 13.1. The molecule has 0 aliphatic carbocycles. The van der Waals surface area contributed by atoms with E-state index in [0.29, 0.717) is 13.1 Å². The van der Waals surface area contributed by atoms with Gasteiger partial charge in [0, 0.05) is 49.0 Å². The van der Waals surface area contributed by atoms with E-state index in [1.54, 1.807) is 0 Å². The molecule has 1 aliphatic rings. The van der Waals surface area contributed by atoms with Crippen LogP contribution in [0.25, 0.3) is 10.9 Å². The molecular weight excluding hydrogens is 312 g/mol. The van der Waals surface area contributed by atoms with Gasteiger partial charge in [0.1, 0.15) is 5.82 Å². The first kappa shape index (κ1) is 15.7. The van der Waals surface area contributed by atoms with E-state index >= 15 is 0 Å². The van der Waals surface area contributed by atoms with E-state index in [1.807, 2.05) is 42.3 Å². The van der Waals surface area contributed by atoms with Gasteiger partial charge < -0.3 is 14.8 Å². The fourth-order valence-electron chi connectivity index (χ4n) is 3.55. The number of nitrogens with one attached hydrogen (secondary N) is 1. The topological polar surface area (TPSA) is 52.2 Å². The van der Waals surface area contributed by atoms with E-state index in [9.17, 15) is 4.79 Å². The molecule has 0 bridgehead atoms. The fourth-order valence-corrected chi connectivity index (χ4v) is 3.55. The number of nitrogens with zero attached hydrogens (tertiary/aromatic N) is 3. The Bertz CT molecular complexity index is 908. The third-order valence-corrected chi connectivity index (χ3v) is 4.90. The minimum absolute atomic E-state index is 0.120. The van der Waals surface area contributed by atoms with Crippen molar-refractivity contribution in [1.82, 2.24) is 14.9 Å². The number of carbonyl (C=O) groups excluding carboxylic acids is 1. The van der Waals surface area contributed by atoms with Gasteiger partial charge in [-0.05, 0) is 38.1 Å². The molecule has 0 saturated carbocycles. The summed E-state index contributed by atoms with van der Waals surface area (Å²) in [6.07, 6.45) is 1.81. The maximum absolute atomic E-state index is 13.1. The predicted octanol–water partition coefficient (Wildman–Crippen LogP) is 3.14. The van der Waals surface area contributed by atoms with E-state index in [2.05, 4.69) is 33.9 Å². The number of carbonyl (C=O) groups is 1. The quantitative estimate of drug-likeness (QED) is 0.783. The van der Waals surface area contributed by atoms with Crippen molar-refractivity contribution in [2.24, 2.45) is 0 Å². The highest BCUT2D eigenvalue weighted by Crippen LogP contribution is 2.25. The van der Waals surface area contributed by atoms with Crippen molar-refractivity contribution >= 4 is 22.6 Å². The molecule has 0 spiro atoms. The summed E-state index contributed by atoms with van der Waals surface area (Å²) < 4.78 is 0. The minimum Gasteiger partial charge on any atom is -0.358 e. The Kier molecular flexibility index (Phi) is 3.92. The molecule has 1 fully saturated rings. The fraction of sp³-hybridized carbons (Fsp3) is 0.300. The van der Waals surface area contributed by atoms with Crippen LogP contribution in [0.1, 0.15) is 21.6 Å². The lowest BCUT2D eigenvalue weighted by Gasteiger charge is -2.35. The van der Waals surface area contributed by atoms with Crippen LogP contribution < -0.4 is 4.90 Å². The summed E-state index contributed by atoms with van der Waals surface area (Å²) in [6.45, 7) is 7.08. The van der Waals surface area contributed by atoms with E-state index in [0.717, 1.165) is 41.1 Å². The third kappa shape index (κ3) is 2.86. The predicted molar refractivity (Wildman–Crippen MR) is 100 cm³/mol. The molecule has 0 unspecified atom stereocenters. The van der Waals surface area contributed by atoms with Gasteiger partial charge in [-0.2, -0.15) is 0 Å². The summed E-state index contributed by atoms with van der Waals surface area (Å²) in [5, 5.41) is 1.02. The van der Waals surface area contributed by atoms with Crippen LogP contribution in [-0.2, 0) is 0 Å². The Hall–Kier alpha value is -2.82. The molecule has 1 aromatic carbocycles. The van der Waals surface area contributed by atoms with Crippen LogP contribution in [0.3, 0.4) is 0 Å². The van der Waals surface area contributed by atoms with Crippen LogP contribution in [-0.4, -0.2) is 47.0 Å². The van der Waals surface area contributed by atoms with E-state index in [1.165, 1.54) is 5.56 Å². The minimum atomic E-state index is 0.120. The van der Waals surface area contributed by atoms with Crippen LogP contribution in [0.2, 0.25) is 0 Å². The van der Waals surface area contributed by atoms with E-state index in [4.69, 9.17) is 0 Å². The van der Waals surface area contributed by atoms with Crippen LogP contribution in [0, 0.1) is 13.8 Å². The molecule has 1 saturated heterocycles. The average molecular weight is 334 g/mol. The van der Waals surface area contributed by atoms with Gasteiger partial charge in [-0.3, -0.25) is 4.79 Å². The summed E-state index contributed by atoms with van der Waals surface area (Å²) in [4.78, 5) is 25.1. The van der Waals surface area contributed by atoms with Gasteiger partial charge in [0.2, 0.25) is 0 Å². The molecule has 5 nitrogen and oxygen atoms in total. The molecule has 3 aromatic rings. The molecule has 3 heterocycles. The SMILES string of the molecule is Cc1ccc2[nH]c(C)c(C(=O)N3CCN(c4ccccn4)CC3)c2c1. The Balaban J connectivity index is 1.55. The number of aryl methyl sites for hydroxylation is 2. The second-order valence-electron chi connectivity index (χ2n) is 6.64. The molecule has 1 aliphatic heterocycles. The number of aromatic amines is 1. The lowest BCUT2D eigenvalue weighted by Crippen LogP contribution is -2.49. The molecule has 4 rings (SSSR count). The van der Waals surface area contributed by atoms with Gasteiger partial charge in [0.25, 0.3) is 5.91 Å². The molecular formula is C20H22N4O. The van der Waals surface area contributed by atoms with Crippen molar-refractivity contribution in [3.63, 3.8) is 0 Å². The number of hydrogen-bond donors (Lipinski definition) is 1. The van der Waals surface area contributed by atoms with Crippen molar-refractivity contribution in [3.8, 4) is 0 Å². The normalized spacial score (nSPS) is 15.0. The largest absolute Gasteiger partial charge is 0.358 e. The Morgan fingerprint density at radius 2 is 1.88 bits per heavy atom. The summed E-state index contributed by atoms with van der Waals surface area (Å²) in [7, 11) is 0. The van der Waals surface area contributed by atoms with Crippen LogP contribution in [0.4, 0.5) is 5.82 Å². The summed E-state index contributed by atoms with van der Waals surface area (Å²) >= 11 is 0. The van der Waals surface area contributed by atoms with Crippen molar-refractivity contribution in [1.29, 1.82) is 0 Å². The molecule has 128 valence electrons. The first-order valence-corrected chi connectivity index (χ1v) is 8.67. The van der Waals surface area contributed by atoms with E-state index in [-0.39, 0.29) is 5.91 Å². The summed E-state index contributed by atoms with van der Waals surface area (Å²) in [5.74, 6) is 1.10. The first-order valence-electron chi connectivity index (χ1n) is 8.67. The molecule has 2 aromatic heterocycles. The zero-order chi connectivity index (χ0) is 17.4. The number of anilines is 1. The van der Waals surface area contributed by atoms with Gasteiger partial charge in [0.05, 0.1) is 5.56 Å². The van der Waals surface area contributed by atoms with Gasteiger partial charge in [-0.1, -0.05) is 17.7 Å². The van der Waals surface area contributed by atoms with E-state index < -0.39 is 0 Å². The monoisotopic (exact) mass is 334 g/mol. The molecule has 0 radical (unpaired) electrons. The number of pyridine rings is 1. The van der Waals surface area contributed by atoms with Crippen molar-refractivity contribution in [2.75, 3.05) is 31.1 Å². The highest BCUT2D eigenvalue weighted by atomic mass is 16.2. The highest BCUT2D eigenvalue weighted by molar-refractivity contribution is 6.08. The maximum Gasteiger partial charge on any atom is 0.256 e. The van der Waals surface area contributed by atoms with Gasteiger partial charge >= 0.3 is 0 Å². The number of fused-ring (bicyclic) bond motifs is 1. The van der Waals surface area contributed by atoms with Crippen molar-refractivity contribution < 1.29 is 4.79 Å². The zero-order valence-electron chi connectivity index (χ0n) is 14.6. The van der Waals surface area contributed by atoms with Gasteiger partial charge in [-0.15, -0.1) is 0 Å². The zero-order valence-corrected chi connectivity index (χ0v) is 14.6. The van der Waals surface area contributed by atoms with Gasteiger partial charge in [0.15, 0.2) is 0 Å². The summed E-state index contributed by atoms with van der Waals surface area (Å²) in [6, 6.07) is 12.1. The molecule has 1 amide bonds.